The van der Waals surface area contributed by atoms with Gasteiger partial charge in [0, 0.05) is 7.05 Å². The number of hydrogen-bond acceptors (Lipinski definition) is 3. The van der Waals surface area contributed by atoms with Crippen LogP contribution in [0.25, 0.3) is 5.69 Å². The number of halogens is 4. The van der Waals surface area contributed by atoms with E-state index < -0.39 is 34.7 Å². The summed E-state index contributed by atoms with van der Waals surface area (Å²) in [6.07, 6.45) is 1.01. The van der Waals surface area contributed by atoms with Crippen molar-refractivity contribution in [2.75, 3.05) is 4.90 Å². The van der Waals surface area contributed by atoms with Gasteiger partial charge in [0.25, 0.3) is 5.56 Å². The SMILES string of the molecule is Cc1c(N(C(=O)[C@]2(C)CC2(Br)Br)C(=O)[C@]2(C)CC2(Br)Br)c(=O)n(-c2ccccc2)n1C. The summed E-state index contributed by atoms with van der Waals surface area (Å²) in [5.74, 6) is -0.803. The third-order valence-corrected chi connectivity index (χ3v) is 11.2. The first-order valence-corrected chi connectivity index (χ1v) is 12.9. The Morgan fingerprint density at radius 2 is 1.35 bits per heavy atom. The average molecular weight is 683 g/mol. The zero-order valence-electron chi connectivity index (χ0n) is 17.4. The third kappa shape index (κ3) is 3.30. The molecule has 2 amide bonds. The van der Waals surface area contributed by atoms with Crippen molar-refractivity contribution in [2.24, 2.45) is 17.9 Å². The normalized spacial score (nSPS) is 27.6. The molecule has 6 nitrogen and oxygen atoms in total. The van der Waals surface area contributed by atoms with Gasteiger partial charge in [0.2, 0.25) is 11.8 Å². The summed E-state index contributed by atoms with van der Waals surface area (Å²) in [4.78, 5) is 42.3. The number of carbonyl (C=O) groups excluding carboxylic acids is 2. The van der Waals surface area contributed by atoms with E-state index in [1.807, 2.05) is 30.3 Å². The Morgan fingerprint density at radius 1 is 0.935 bits per heavy atom. The van der Waals surface area contributed by atoms with E-state index in [1.54, 1.807) is 32.5 Å². The molecule has 10 heteroatoms. The summed E-state index contributed by atoms with van der Waals surface area (Å²) < 4.78 is 1.95. The van der Waals surface area contributed by atoms with Gasteiger partial charge in [-0.1, -0.05) is 81.9 Å². The van der Waals surface area contributed by atoms with Gasteiger partial charge in [-0.15, -0.1) is 0 Å². The lowest BCUT2D eigenvalue weighted by Crippen LogP contribution is -2.48. The second-order valence-corrected chi connectivity index (χ2v) is 16.3. The summed E-state index contributed by atoms with van der Waals surface area (Å²) in [6, 6.07) is 9.16. The highest BCUT2D eigenvalue weighted by atomic mass is 79.9. The summed E-state index contributed by atoms with van der Waals surface area (Å²) in [5, 5.41) is 0. The number of para-hydroxylation sites is 1. The monoisotopic (exact) mass is 679 g/mol. The number of rotatable bonds is 4. The molecule has 2 aromatic rings. The number of amides is 2. The number of nitrogens with zero attached hydrogens (tertiary/aromatic N) is 3. The first-order valence-electron chi connectivity index (χ1n) is 9.68. The molecule has 2 aliphatic rings. The molecule has 0 saturated heterocycles. The smallest absolute Gasteiger partial charge is 0.283 e. The zero-order chi connectivity index (χ0) is 23.1. The van der Waals surface area contributed by atoms with Crippen LogP contribution < -0.4 is 10.5 Å². The van der Waals surface area contributed by atoms with Crippen molar-refractivity contribution in [2.45, 2.75) is 40.1 Å². The maximum atomic E-state index is 13.8. The van der Waals surface area contributed by atoms with Crippen LogP contribution in [-0.4, -0.2) is 27.6 Å². The topological polar surface area (TPSA) is 64.3 Å². The van der Waals surface area contributed by atoms with Crippen LogP contribution in [0.5, 0.6) is 0 Å². The van der Waals surface area contributed by atoms with E-state index in [4.69, 9.17) is 0 Å². The molecule has 0 unspecified atom stereocenters. The van der Waals surface area contributed by atoms with Crippen molar-refractivity contribution in [1.82, 2.24) is 9.36 Å². The molecule has 2 saturated carbocycles. The van der Waals surface area contributed by atoms with Gasteiger partial charge in [-0.3, -0.25) is 19.1 Å². The first kappa shape index (κ1) is 23.4. The van der Waals surface area contributed by atoms with Gasteiger partial charge < -0.3 is 0 Å². The zero-order valence-corrected chi connectivity index (χ0v) is 23.7. The fraction of sp³-hybridized carbons (Fsp3) is 0.476. The van der Waals surface area contributed by atoms with Crippen LogP contribution in [0.3, 0.4) is 0 Å². The Balaban J connectivity index is 1.91. The summed E-state index contributed by atoms with van der Waals surface area (Å²) in [5.41, 5.74) is -0.845. The van der Waals surface area contributed by atoms with Gasteiger partial charge in [0.15, 0.2) is 0 Å². The molecule has 0 radical (unpaired) electrons. The number of anilines is 1. The van der Waals surface area contributed by atoms with Crippen LogP contribution in [0.2, 0.25) is 0 Å². The van der Waals surface area contributed by atoms with Crippen LogP contribution in [-0.2, 0) is 16.6 Å². The van der Waals surface area contributed by atoms with Crippen LogP contribution in [0.1, 0.15) is 32.4 Å². The molecule has 31 heavy (non-hydrogen) atoms. The molecule has 1 aromatic heterocycles. The van der Waals surface area contributed by atoms with Crippen molar-refractivity contribution >= 4 is 81.2 Å². The van der Waals surface area contributed by atoms with Gasteiger partial charge >= 0.3 is 0 Å². The van der Waals surface area contributed by atoms with E-state index in [-0.39, 0.29) is 5.69 Å². The fourth-order valence-electron chi connectivity index (χ4n) is 3.86. The number of benzene rings is 1. The van der Waals surface area contributed by atoms with Crippen molar-refractivity contribution in [3.8, 4) is 5.69 Å². The van der Waals surface area contributed by atoms with Crippen LogP contribution in [0.4, 0.5) is 5.69 Å². The minimum Gasteiger partial charge on any atom is -0.283 e. The van der Waals surface area contributed by atoms with Crippen molar-refractivity contribution in [1.29, 1.82) is 0 Å². The molecule has 0 aliphatic heterocycles. The van der Waals surface area contributed by atoms with Gasteiger partial charge in [0.1, 0.15) is 5.69 Å². The Kier molecular flexibility index (Phi) is 5.40. The third-order valence-electron chi connectivity index (χ3n) is 6.61. The molecule has 0 spiro atoms. The largest absolute Gasteiger partial charge is 0.296 e. The molecule has 1 aromatic carbocycles. The lowest BCUT2D eigenvalue weighted by molar-refractivity contribution is -0.131. The fourth-order valence-corrected chi connectivity index (χ4v) is 6.79. The molecule has 1 heterocycles. The second-order valence-electron chi connectivity index (χ2n) is 8.78. The molecular weight excluding hydrogens is 662 g/mol. The van der Waals surface area contributed by atoms with E-state index in [0.717, 1.165) is 4.90 Å². The van der Waals surface area contributed by atoms with E-state index in [0.29, 0.717) is 24.2 Å². The molecule has 2 aliphatic carbocycles. The van der Waals surface area contributed by atoms with Crippen LogP contribution in [0.15, 0.2) is 35.1 Å². The first-order chi connectivity index (χ1) is 14.2. The van der Waals surface area contributed by atoms with Crippen molar-refractivity contribution in [3.05, 3.63) is 46.4 Å². The van der Waals surface area contributed by atoms with Crippen molar-refractivity contribution < 1.29 is 9.59 Å². The predicted octanol–water partition coefficient (Wildman–Crippen LogP) is 5.14. The lowest BCUT2D eigenvalue weighted by Gasteiger charge is -2.27. The van der Waals surface area contributed by atoms with Gasteiger partial charge in [0.05, 0.1) is 28.7 Å². The van der Waals surface area contributed by atoms with E-state index in [9.17, 15) is 14.4 Å². The Bertz CT molecular complexity index is 1130. The molecule has 2 fully saturated rings. The maximum absolute atomic E-state index is 13.8. The highest BCUT2D eigenvalue weighted by Crippen LogP contribution is 2.69. The standard InChI is InChI=1S/C21H21Br4N3O3/c1-12-14(15(29)28(26(12)4)13-8-6-5-7-9-13)27(16(30)18(2)10-20(18,22)23)17(31)19(3)11-21(19,24)25/h5-9H,10-11H2,1-4H3/t18-,19-/m0/s1. The number of carbonyl (C=O) groups is 2. The second kappa shape index (κ2) is 7.14. The Labute approximate surface area is 213 Å². The van der Waals surface area contributed by atoms with E-state index in [2.05, 4.69) is 63.7 Å². The highest BCUT2D eigenvalue weighted by Gasteiger charge is 2.72. The van der Waals surface area contributed by atoms with E-state index >= 15 is 0 Å². The number of hydrogen-bond donors (Lipinski definition) is 0. The highest BCUT2D eigenvalue weighted by molar-refractivity contribution is 9.26. The molecule has 2 atom stereocenters. The minimum atomic E-state index is -0.860. The molecule has 4 rings (SSSR count). The van der Waals surface area contributed by atoms with Crippen LogP contribution in [0, 0.1) is 17.8 Å². The van der Waals surface area contributed by atoms with Gasteiger partial charge in [-0.2, -0.15) is 0 Å². The molecular formula is C21H21Br4N3O3. The lowest BCUT2D eigenvalue weighted by atomic mass is 10.0. The summed E-state index contributed by atoms with van der Waals surface area (Å²) in [6.45, 7) is 5.33. The Hall–Kier alpha value is -0.710. The average Bonchev–Trinajstić information content (AvgIpc) is 3.40. The number of alkyl halides is 4. The summed E-state index contributed by atoms with van der Waals surface area (Å²) in [7, 11) is 1.75. The minimum absolute atomic E-state index is 0.0919. The summed E-state index contributed by atoms with van der Waals surface area (Å²) >= 11 is 14.1. The quantitative estimate of drug-likeness (QED) is 0.332. The molecule has 166 valence electrons. The van der Waals surface area contributed by atoms with Crippen LogP contribution >= 0.6 is 63.7 Å². The predicted molar refractivity (Wildman–Crippen MR) is 135 cm³/mol. The van der Waals surface area contributed by atoms with Gasteiger partial charge in [-0.25, -0.2) is 9.58 Å². The molecule has 0 bridgehead atoms. The Morgan fingerprint density at radius 3 is 1.74 bits per heavy atom. The number of aromatic nitrogens is 2. The van der Waals surface area contributed by atoms with E-state index in [1.165, 1.54) is 4.68 Å². The maximum Gasteiger partial charge on any atom is 0.296 e. The number of imide groups is 1. The molecule has 0 N–H and O–H groups in total. The van der Waals surface area contributed by atoms with Gasteiger partial charge in [-0.05, 0) is 45.7 Å². The van der Waals surface area contributed by atoms with Crippen molar-refractivity contribution in [3.63, 3.8) is 0 Å².